The second-order valence-corrected chi connectivity index (χ2v) is 9.16. The first-order valence-electron chi connectivity index (χ1n) is 9.25. The summed E-state index contributed by atoms with van der Waals surface area (Å²) in [6.45, 7) is 0.590. The molecule has 27 heavy (non-hydrogen) atoms. The summed E-state index contributed by atoms with van der Waals surface area (Å²) in [4.78, 5) is 11.8. The molecule has 9 heteroatoms. The van der Waals surface area contributed by atoms with E-state index in [2.05, 4.69) is 0 Å². The normalized spacial score (nSPS) is 46.7. The highest BCUT2D eigenvalue weighted by Gasteiger charge is 2.69. The predicted molar refractivity (Wildman–Crippen MR) is 81.8 cm³/mol. The molecule has 1 heterocycles. The van der Waals surface area contributed by atoms with Gasteiger partial charge < -0.3 is 14.2 Å². The van der Waals surface area contributed by atoms with Gasteiger partial charge in [-0.3, -0.25) is 0 Å². The summed E-state index contributed by atoms with van der Waals surface area (Å²) < 4.78 is 83.2. The fourth-order valence-electron chi connectivity index (χ4n) is 5.53. The maximum atomic E-state index is 13.3. The minimum absolute atomic E-state index is 0.175. The van der Waals surface area contributed by atoms with E-state index >= 15 is 0 Å². The number of alkyl halides is 5. The zero-order valence-electron chi connectivity index (χ0n) is 15.2. The summed E-state index contributed by atoms with van der Waals surface area (Å²) in [6, 6.07) is 0. The van der Waals surface area contributed by atoms with Crippen LogP contribution < -0.4 is 0 Å². The molecular formula is C18H23F5O4. The van der Waals surface area contributed by atoms with Gasteiger partial charge >= 0.3 is 18.1 Å². The zero-order valence-corrected chi connectivity index (χ0v) is 15.2. The van der Waals surface area contributed by atoms with Gasteiger partial charge in [0.2, 0.25) is 0 Å². The van der Waals surface area contributed by atoms with Crippen LogP contribution in [-0.4, -0.2) is 42.7 Å². The molecule has 0 N–H and O–H groups in total. The van der Waals surface area contributed by atoms with Gasteiger partial charge in [0.25, 0.3) is 0 Å². The van der Waals surface area contributed by atoms with Gasteiger partial charge in [0.1, 0.15) is 11.0 Å². The monoisotopic (exact) mass is 398 g/mol. The maximum Gasteiger partial charge on any atom is 0.398 e. The van der Waals surface area contributed by atoms with Gasteiger partial charge in [-0.1, -0.05) is 0 Å². The fraction of sp³-hybridized carbons (Fsp3) is 0.944. The van der Waals surface area contributed by atoms with Crippen molar-refractivity contribution in [3.63, 3.8) is 0 Å². The van der Waals surface area contributed by atoms with Crippen LogP contribution in [0.2, 0.25) is 0 Å². The number of esters is 1. The number of carbonyl (C=O) groups excluding carboxylic acids is 1. The zero-order chi connectivity index (χ0) is 19.9. The molecule has 0 aromatic rings. The van der Waals surface area contributed by atoms with Crippen molar-refractivity contribution in [1.29, 1.82) is 0 Å². The Morgan fingerprint density at radius 1 is 1.00 bits per heavy atom. The van der Waals surface area contributed by atoms with Crippen LogP contribution in [0.25, 0.3) is 0 Å². The summed E-state index contributed by atoms with van der Waals surface area (Å²) in [5, 5.41) is 0. The van der Waals surface area contributed by atoms with Crippen molar-refractivity contribution in [2.45, 2.75) is 69.4 Å². The number of carbonyl (C=O) groups is 1. The highest BCUT2D eigenvalue weighted by molar-refractivity contribution is 5.77. The number of halogens is 5. The topological polar surface area (TPSA) is 44.8 Å². The molecule has 1 spiro atoms. The van der Waals surface area contributed by atoms with Crippen molar-refractivity contribution >= 4 is 5.97 Å². The van der Waals surface area contributed by atoms with Gasteiger partial charge in [-0.15, -0.1) is 0 Å². The molecule has 5 fully saturated rings. The van der Waals surface area contributed by atoms with Crippen LogP contribution in [0.1, 0.15) is 46.0 Å². The van der Waals surface area contributed by atoms with Gasteiger partial charge in [0.15, 0.2) is 5.79 Å². The number of hydrogen-bond donors (Lipinski definition) is 0. The Hall–Kier alpha value is -0.960. The fourth-order valence-corrected chi connectivity index (χ4v) is 5.53. The lowest BCUT2D eigenvalue weighted by molar-refractivity contribution is -0.415. The first-order valence-corrected chi connectivity index (χ1v) is 9.25. The molecule has 0 aromatic carbocycles. The summed E-state index contributed by atoms with van der Waals surface area (Å²) in [5.74, 6) is -6.61. The minimum Gasteiger partial charge on any atom is -0.455 e. The summed E-state index contributed by atoms with van der Waals surface area (Å²) in [6.07, 6.45) is -2.00. The van der Waals surface area contributed by atoms with E-state index in [-0.39, 0.29) is 30.6 Å². The van der Waals surface area contributed by atoms with Crippen molar-refractivity contribution < 1.29 is 41.0 Å². The molecule has 4 saturated carbocycles. The van der Waals surface area contributed by atoms with E-state index in [9.17, 15) is 26.7 Å². The van der Waals surface area contributed by atoms with Crippen LogP contribution >= 0.6 is 0 Å². The quantitative estimate of drug-likeness (QED) is 0.520. The smallest absolute Gasteiger partial charge is 0.398 e. The van der Waals surface area contributed by atoms with Crippen LogP contribution in [0.15, 0.2) is 0 Å². The number of ether oxygens (including phenoxy) is 3. The van der Waals surface area contributed by atoms with Gasteiger partial charge in [-0.05, 0) is 44.9 Å². The highest BCUT2D eigenvalue weighted by atomic mass is 19.4. The van der Waals surface area contributed by atoms with Crippen molar-refractivity contribution in [1.82, 2.24) is 0 Å². The Morgan fingerprint density at radius 3 is 1.96 bits per heavy atom. The van der Waals surface area contributed by atoms with Crippen LogP contribution in [0.3, 0.4) is 0 Å². The van der Waals surface area contributed by atoms with E-state index in [1.807, 2.05) is 0 Å². The maximum absolute atomic E-state index is 13.3. The Balaban J connectivity index is 1.54. The molecule has 5 rings (SSSR count). The molecule has 0 radical (unpaired) electrons. The number of rotatable bonds is 2. The highest BCUT2D eigenvalue weighted by Crippen LogP contribution is 2.64. The van der Waals surface area contributed by atoms with Gasteiger partial charge in [-0.25, -0.2) is 4.79 Å². The Morgan fingerprint density at radius 2 is 1.52 bits per heavy atom. The summed E-state index contributed by atoms with van der Waals surface area (Å²) in [5.41, 5.74) is -3.06. The predicted octanol–water partition coefficient (Wildman–Crippen LogP) is 4.08. The third-order valence-corrected chi connectivity index (χ3v) is 6.86. The molecule has 154 valence electrons. The molecular weight excluding hydrogens is 375 g/mol. The van der Waals surface area contributed by atoms with E-state index in [1.54, 1.807) is 0 Å². The lowest BCUT2D eigenvalue weighted by Gasteiger charge is -2.65. The molecule has 1 saturated heterocycles. The third-order valence-electron chi connectivity index (χ3n) is 6.86. The largest absolute Gasteiger partial charge is 0.455 e. The molecule has 5 aliphatic rings. The van der Waals surface area contributed by atoms with Crippen LogP contribution in [0, 0.1) is 23.2 Å². The lowest BCUT2D eigenvalue weighted by Crippen LogP contribution is -2.69. The second-order valence-electron chi connectivity index (χ2n) is 9.16. The Bertz CT molecular complexity index is 615. The molecule has 0 aromatic heterocycles. The van der Waals surface area contributed by atoms with Crippen molar-refractivity contribution in [3.8, 4) is 0 Å². The lowest BCUT2D eigenvalue weighted by atomic mass is 9.51. The molecule has 2 atom stereocenters. The standard InChI is InChI=1S/C18H23F5O4/c1-14(18(21,22)23)8-25-17(26-9-14)11-3-10-4-12(17)7-16(5-10,6-11)27-13(24)15(2,19)20/h10-12H,3-9H2,1-2H3. The van der Waals surface area contributed by atoms with E-state index in [0.29, 0.717) is 26.2 Å². The van der Waals surface area contributed by atoms with Crippen LogP contribution in [-0.2, 0) is 19.0 Å². The number of hydrogen-bond acceptors (Lipinski definition) is 4. The van der Waals surface area contributed by atoms with Crippen LogP contribution in [0.4, 0.5) is 22.0 Å². The van der Waals surface area contributed by atoms with Crippen molar-refractivity contribution in [2.75, 3.05) is 13.2 Å². The van der Waals surface area contributed by atoms with Gasteiger partial charge in [0.05, 0.1) is 13.2 Å². The average Bonchev–Trinajstić information content (AvgIpc) is 2.51. The van der Waals surface area contributed by atoms with Gasteiger partial charge in [-0.2, -0.15) is 22.0 Å². The summed E-state index contributed by atoms with van der Waals surface area (Å²) >= 11 is 0. The van der Waals surface area contributed by atoms with Gasteiger partial charge in [0, 0.05) is 18.8 Å². The Kier molecular flexibility index (Phi) is 3.98. The van der Waals surface area contributed by atoms with E-state index in [1.165, 1.54) is 0 Å². The molecule has 4 bridgehead atoms. The molecule has 2 unspecified atom stereocenters. The first-order chi connectivity index (χ1) is 12.3. The minimum atomic E-state index is -4.44. The molecule has 4 aliphatic carbocycles. The summed E-state index contributed by atoms with van der Waals surface area (Å²) in [7, 11) is 0. The SMILES string of the molecule is CC(F)(F)C(=O)OC12CC3CC(C1)C1(OCC(C)(C(F)(F)F)CO1)C(C3)C2. The van der Waals surface area contributed by atoms with Crippen molar-refractivity contribution in [3.05, 3.63) is 0 Å². The van der Waals surface area contributed by atoms with E-state index < -0.39 is 48.1 Å². The molecule has 0 amide bonds. The van der Waals surface area contributed by atoms with E-state index in [4.69, 9.17) is 14.2 Å². The van der Waals surface area contributed by atoms with Crippen molar-refractivity contribution in [2.24, 2.45) is 23.2 Å². The molecule has 4 nitrogen and oxygen atoms in total. The first kappa shape index (κ1) is 19.4. The van der Waals surface area contributed by atoms with Crippen LogP contribution in [0.5, 0.6) is 0 Å². The Labute approximate surface area is 153 Å². The van der Waals surface area contributed by atoms with E-state index in [0.717, 1.165) is 6.92 Å². The second kappa shape index (κ2) is 5.55. The molecule has 1 aliphatic heterocycles. The average molecular weight is 398 g/mol. The third kappa shape index (κ3) is 2.87.